The largest absolute Gasteiger partial charge is 0.286 e. The van der Waals surface area contributed by atoms with Crippen LogP contribution in [0.1, 0.15) is 30.9 Å². The lowest BCUT2D eigenvalue weighted by Gasteiger charge is -2.09. The third-order valence-electron chi connectivity index (χ3n) is 3.60. The predicted molar refractivity (Wildman–Crippen MR) is 87.8 cm³/mol. The summed E-state index contributed by atoms with van der Waals surface area (Å²) >= 11 is 1.84. The molecule has 0 spiro atoms. The van der Waals surface area contributed by atoms with Crippen LogP contribution in [0.5, 0.6) is 0 Å². The highest BCUT2D eigenvalue weighted by Gasteiger charge is 2.14. The maximum absolute atomic E-state index is 9.44. The summed E-state index contributed by atoms with van der Waals surface area (Å²) in [5.41, 5.74) is 4.46. The molecule has 0 N–H and O–H groups in total. The van der Waals surface area contributed by atoms with E-state index < -0.39 is 0 Å². The van der Waals surface area contributed by atoms with Crippen LogP contribution in [0.3, 0.4) is 0 Å². The van der Waals surface area contributed by atoms with E-state index in [9.17, 15) is 5.26 Å². The number of hydrogen-bond acceptors (Lipinski definition) is 3. The van der Waals surface area contributed by atoms with Gasteiger partial charge in [0.1, 0.15) is 6.07 Å². The summed E-state index contributed by atoms with van der Waals surface area (Å²) in [6.45, 7) is 4.19. The molecule has 3 rings (SSSR count). The minimum absolute atomic E-state index is 0.672. The van der Waals surface area contributed by atoms with E-state index in [0.717, 1.165) is 28.0 Å². The maximum atomic E-state index is 9.44. The number of nitrogens with zero attached hydrogens (tertiary/aromatic N) is 3. The minimum atomic E-state index is 0.672. The quantitative estimate of drug-likeness (QED) is 0.523. The van der Waals surface area contributed by atoms with Crippen LogP contribution in [0, 0.1) is 18.3 Å². The number of fused-ring (bicyclic) bond motifs is 3. The SMILES string of the molecule is CCCCSc1cc(C)c(C#N)c2nc3ccccc3n12. The maximum Gasteiger partial charge on any atom is 0.157 e. The molecule has 0 atom stereocenters. The zero-order valence-electron chi connectivity index (χ0n) is 12.3. The van der Waals surface area contributed by atoms with E-state index in [2.05, 4.69) is 34.5 Å². The average molecular weight is 295 g/mol. The summed E-state index contributed by atoms with van der Waals surface area (Å²) < 4.78 is 2.13. The molecule has 0 bridgehead atoms. The van der Waals surface area contributed by atoms with Gasteiger partial charge in [-0.2, -0.15) is 5.26 Å². The van der Waals surface area contributed by atoms with Crippen molar-refractivity contribution in [1.82, 2.24) is 9.38 Å². The van der Waals surface area contributed by atoms with Crippen molar-refractivity contribution >= 4 is 28.4 Å². The van der Waals surface area contributed by atoms with E-state index in [1.807, 2.05) is 36.9 Å². The first-order chi connectivity index (χ1) is 10.3. The Hall–Kier alpha value is -1.99. The van der Waals surface area contributed by atoms with Crippen molar-refractivity contribution in [2.75, 3.05) is 5.75 Å². The smallest absolute Gasteiger partial charge is 0.157 e. The number of aryl methyl sites for hydroxylation is 1. The van der Waals surface area contributed by atoms with Crippen LogP contribution in [-0.4, -0.2) is 15.1 Å². The Morgan fingerprint density at radius 1 is 1.33 bits per heavy atom. The van der Waals surface area contributed by atoms with Crippen LogP contribution in [0.15, 0.2) is 35.4 Å². The van der Waals surface area contributed by atoms with Gasteiger partial charge in [0.15, 0.2) is 5.65 Å². The lowest BCUT2D eigenvalue weighted by molar-refractivity contribution is 0.893. The van der Waals surface area contributed by atoms with Gasteiger partial charge in [-0.05, 0) is 42.9 Å². The third kappa shape index (κ3) is 2.38. The Morgan fingerprint density at radius 2 is 2.14 bits per heavy atom. The zero-order chi connectivity index (χ0) is 14.8. The van der Waals surface area contributed by atoms with Gasteiger partial charge in [-0.15, -0.1) is 11.8 Å². The number of rotatable bonds is 4. The van der Waals surface area contributed by atoms with Gasteiger partial charge in [0, 0.05) is 0 Å². The summed E-state index contributed by atoms with van der Waals surface area (Å²) in [5, 5.41) is 10.6. The number of pyridine rings is 1. The van der Waals surface area contributed by atoms with E-state index in [-0.39, 0.29) is 0 Å². The predicted octanol–water partition coefficient (Wildman–Crippen LogP) is 4.56. The molecule has 0 aliphatic rings. The second-order valence-electron chi connectivity index (χ2n) is 5.11. The van der Waals surface area contributed by atoms with Crippen LogP contribution in [-0.2, 0) is 0 Å². The summed E-state index contributed by atoms with van der Waals surface area (Å²) in [4.78, 5) is 4.66. The van der Waals surface area contributed by atoms with Crippen molar-refractivity contribution in [3.63, 3.8) is 0 Å². The van der Waals surface area contributed by atoms with Gasteiger partial charge in [-0.1, -0.05) is 25.5 Å². The number of aromatic nitrogens is 2. The Balaban J connectivity index is 2.29. The molecular formula is C17H17N3S. The third-order valence-corrected chi connectivity index (χ3v) is 4.69. The fraction of sp³-hybridized carbons (Fsp3) is 0.294. The molecule has 0 saturated carbocycles. The summed E-state index contributed by atoms with van der Waals surface area (Å²) in [5.74, 6) is 1.09. The molecule has 0 aliphatic carbocycles. The normalized spacial score (nSPS) is 11.1. The van der Waals surface area contributed by atoms with E-state index in [1.165, 1.54) is 17.9 Å². The van der Waals surface area contributed by atoms with Gasteiger partial charge >= 0.3 is 0 Å². The first-order valence-electron chi connectivity index (χ1n) is 7.20. The molecule has 0 saturated heterocycles. The summed E-state index contributed by atoms with van der Waals surface area (Å²) in [6.07, 6.45) is 2.38. The summed E-state index contributed by atoms with van der Waals surface area (Å²) in [6, 6.07) is 12.5. The number of para-hydroxylation sites is 2. The second-order valence-corrected chi connectivity index (χ2v) is 6.23. The highest BCUT2D eigenvalue weighted by atomic mass is 32.2. The highest BCUT2D eigenvalue weighted by molar-refractivity contribution is 7.99. The average Bonchev–Trinajstić information content (AvgIpc) is 2.86. The second kappa shape index (κ2) is 5.79. The lowest BCUT2D eigenvalue weighted by Crippen LogP contribution is -1.97. The standard InChI is InChI=1S/C17H17N3S/c1-3-4-9-21-16-10-12(2)13(11-18)17-19-14-7-5-6-8-15(14)20(16)17/h5-8,10H,3-4,9H2,1-2H3. The molecule has 3 aromatic rings. The topological polar surface area (TPSA) is 41.1 Å². The number of benzene rings is 1. The molecule has 3 nitrogen and oxygen atoms in total. The van der Waals surface area contributed by atoms with Crippen molar-refractivity contribution < 1.29 is 0 Å². The van der Waals surface area contributed by atoms with Crippen LogP contribution in [0.25, 0.3) is 16.7 Å². The van der Waals surface area contributed by atoms with Gasteiger partial charge in [0.05, 0.1) is 21.6 Å². The van der Waals surface area contributed by atoms with Crippen LogP contribution < -0.4 is 0 Å². The highest BCUT2D eigenvalue weighted by Crippen LogP contribution is 2.29. The minimum Gasteiger partial charge on any atom is -0.286 e. The van der Waals surface area contributed by atoms with Crippen molar-refractivity contribution in [3.05, 3.63) is 41.5 Å². The molecular weight excluding hydrogens is 278 g/mol. The Bertz CT molecular complexity index is 842. The lowest BCUT2D eigenvalue weighted by atomic mass is 10.2. The Morgan fingerprint density at radius 3 is 2.90 bits per heavy atom. The monoisotopic (exact) mass is 295 g/mol. The van der Waals surface area contributed by atoms with Crippen LogP contribution in [0.4, 0.5) is 0 Å². The van der Waals surface area contributed by atoms with Crippen LogP contribution >= 0.6 is 11.8 Å². The molecule has 2 heterocycles. The van der Waals surface area contributed by atoms with E-state index in [1.54, 1.807) is 0 Å². The van der Waals surface area contributed by atoms with E-state index in [4.69, 9.17) is 0 Å². The van der Waals surface area contributed by atoms with Crippen molar-refractivity contribution in [2.24, 2.45) is 0 Å². The molecule has 0 unspecified atom stereocenters. The van der Waals surface area contributed by atoms with E-state index in [0.29, 0.717) is 5.56 Å². The molecule has 21 heavy (non-hydrogen) atoms. The Kier molecular flexibility index (Phi) is 3.85. The zero-order valence-corrected chi connectivity index (χ0v) is 13.1. The molecule has 0 fully saturated rings. The molecule has 4 heteroatoms. The van der Waals surface area contributed by atoms with Gasteiger partial charge in [0.2, 0.25) is 0 Å². The first-order valence-corrected chi connectivity index (χ1v) is 8.18. The van der Waals surface area contributed by atoms with Crippen molar-refractivity contribution in [1.29, 1.82) is 5.26 Å². The number of unbranched alkanes of at least 4 members (excludes halogenated alkanes) is 1. The van der Waals surface area contributed by atoms with E-state index >= 15 is 0 Å². The fourth-order valence-corrected chi connectivity index (χ4v) is 3.70. The molecule has 2 aromatic heterocycles. The number of nitriles is 1. The van der Waals surface area contributed by atoms with Gasteiger partial charge in [-0.3, -0.25) is 4.40 Å². The number of hydrogen-bond donors (Lipinski definition) is 0. The molecule has 106 valence electrons. The molecule has 0 aliphatic heterocycles. The molecule has 0 radical (unpaired) electrons. The fourth-order valence-electron chi connectivity index (χ4n) is 2.48. The molecule has 0 amide bonds. The van der Waals surface area contributed by atoms with Crippen molar-refractivity contribution in [3.8, 4) is 6.07 Å². The summed E-state index contributed by atoms with van der Waals surface area (Å²) in [7, 11) is 0. The van der Waals surface area contributed by atoms with Gasteiger partial charge < -0.3 is 0 Å². The number of thioether (sulfide) groups is 1. The number of imidazole rings is 1. The molecule has 1 aromatic carbocycles. The van der Waals surface area contributed by atoms with Crippen LogP contribution in [0.2, 0.25) is 0 Å². The van der Waals surface area contributed by atoms with Crippen molar-refractivity contribution in [2.45, 2.75) is 31.7 Å². The van der Waals surface area contributed by atoms with Gasteiger partial charge in [0.25, 0.3) is 0 Å². The van der Waals surface area contributed by atoms with Gasteiger partial charge in [-0.25, -0.2) is 4.98 Å². The first kappa shape index (κ1) is 14.0. The Labute approximate surface area is 128 Å².